The van der Waals surface area contributed by atoms with Crippen LogP contribution in [0.3, 0.4) is 0 Å². The number of nitrogens with zero attached hydrogens (tertiary/aromatic N) is 1. The van der Waals surface area contributed by atoms with E-state index in [0.717, 1.165) is 25.4 Å². The van der Waals surface area contributed by atoms with Gasteiger partial charge in [-0.1, -0.05) is 43.9 Å². The van der Waals surface area contributed by atoms with Crippen molar-refractivity contribution in [1.82, 2.24) is 10.6 Å². The van der Waals surface area contributed by atoms with Gasteiger partial charge < -0.3 is 10.6 Å². The van der Waals surface area contributed by atoms with Crippen LogP contribution in [0.5, 0.6) is 0 Å². The first-order valence-electron chi connectivity index (χ1n) is 9.42. The highest BCUT2D eigenvalue weighted by Crippen LogP contribution is 2.28. The fourth-order valence-corrected chi connectivity index (χ4v) is 4.44. The van der Waals surface area contributed by atoms with Gasteiger partial charge in [0.25, 0.3) is 0 Å². The number of hydrogen-bond acceptors (Lipinski definition) is 3. The van der Waals surface area contributed by atoms with Crippen LogP contribution in [0, 0.1) is 5.92 Å². The lowest BCUT2D eigenvalue weighted by atomic mass is 10.0. The van der Waals surface area contributed by atoms with Gasteiger partial charge in [0.2, 0.25) is 0 Å². The second-order valence-corrected chi connectivity index (χ2v) is 8.72. The minimum Gasteiger partial charge on any atom is -0.357 e. The highest BCUT2D eigenvalue weighted by molar-refractivity contribution is 14.0. The summed E-state index contributed by atoms with van der Waals surface area (Å²) >= 11 is 0. The fraction of sp³-hybridized carbons (Fsp3) is 0.632. The van der Waals surface area contributed by atoms with Gasteiger partial charge in [-0.05, 0) is 37.8 Å². The molecule has 0 saturated heterocycles. The van der Waals surface area contributed by atoms with Crippen LogP contribution < -0.4 is 10.6 Å². The summed E-state index contributed by atoms with van der Waals surface area (Å²) in [5.74, 6) is 1.66. The topological polar surface area (TPSA) is 70.6 Å². The predicted molar refractivity (Wildman–Crippen MR) is 119 cm³/mol. The molecule has 2 rings (SSSR count). The average molecular weight is 493 g/mol. The molecule has 0 bridgehead atoms. The van der Waals surface area contributed by atoms with Crippen molar-refractivity contribution in [3.63, 3.8) is 0 Å². The summed E-state index contributed by atoms with van der Waals surface area (Å²) in [6.07, 6.45) is 7.87. The van der Waals surface area contributed by atoms with E-state index >= 15 is 0 Å². The quantitative estimate of drug-likeness (QED) is 0.239. The average Bonchev–Trinajstić information content (AvgIpc) is 3.13. The molecule has 1 aliphatic carbocycles. The van der Waals surface area contributed by atoms with E-state index in [2.05, 4.69) is 15.6 Å². The Kier molecular flexibility index (Phi) is 11.2. The summed E-state index contributed by atoms with van der Waals surface area (Å²) in [5, 5.41) is 6.32. The van der Waals surface area contributed by atoms with E-state index in [1.165, 1.54) is 32.1 Å². The lowest BCUT2D eigenvalue weighted by Gasteiger charge is -2.12. The normalized spacial score (nSPS) is 15.5. The van der Waals surface area contributed by atoms with Crippen molar-refractivity contribution in [2.45, 2.75) is 50.3 Å². The van der Waals surface area contributed by atoms with E-state index in [-0.39, 0.29) is 29.7 Å². The van der Waals surface area contributed by atoms with Crippen LogP contribution in [0.4, 0.5) is 0 Å². The second-order valence-electron chi connectivity index (χ2n) is 6.61. The predicted octanol–water partition coefficient (Wildman–Crippen LogP) is 3.60. The number of nitrogens with one attached hydrogen (secondary N) is 2. The molecule has 0 radical (unpaired) electrons. The van der Waals surface area contributed by atoms with E-state index < -0.39 is 9.84 Å². The Morgan fingerprint density at radius 2 is 1.85 bits per heavy atom. The van der Waals surface area contributed by atoms with Crippen molar-refractivity contribution in [2.24, 2.45) is 10.9 Å². The number of hydrogen-bond donors (Lipinski definition) is 2. The molecule has 2 N–H and O–H groups in total. The molecule has 26 heavy (non-hydrogen) atoms. The van der Waals surface area contributed by atoms with Gasteiger partial charge in [0.15, 0.2) is 15.8 Å². The van der Waals surface area contributed by atoms with E-state index in [4.69, 9.17) is 0 Å². The van der Waals surface area contributed by atoms with Crippen molar-refractivity contribution in [2.75, 3.05) is 25.4 Å². The molecule has 0 amide bonds. The minimum atomic E-state index is -3.25. The fourth-order valence-electron chi connectivity index (χ4n) is 3.26. The van der Waals surface area contributed by atoms with Gasteiger partial charge in [0.05, 0.1) is 10.6 Å². The van der Waals surface area contributed by atoms with Crippen LogP contribution in [0.2, 0.25) is 0 Å². The van der Waals surface area contributed by atoms with Crippen molar-refractivity contribution in [1.29, 1.82) is 0 Å². The molecule has 0 aliphatic heterocycles. The molecule has 1 aliphatic rings. The Morgan fingerprint density at radius 1 is 1.15 bits per heavy atom. The van der Waals surface area contributed by atoms with E-state index in [1.54, 1.807) is 24.3 Å². The van der Waals surface area contributed by atoms with E-state index in [1.807, 2.05) is 13.0 Å². The lowest BCUT2D eigenvalue weighted by Crippen LogP contribution is -2.39. The van der Waals surface area contributed by atoms with Crippen LogP contribution in [0.25, 0.3) is 0 Å². The first-order chi connectivity index (χ1) is 12.1. The number of aliphatic imine (C=N–C) groups is 1. The Morgan fingerprint density at radius 3 is 2.50 bits per heavy atom. The van der Waals surface area contributed by atoms with Gasteiger partial charge in [0, 0.05) is 19.6 Å². The molecule has 1 aromatic rings. The van der Waals surface area contributed by atoms with Crippen LogP contribution in [0.15, 0.2) is 40.2 Å². The van der Waals surface area contributed by atoms with Gasteiger partial charge in [-0.2, -0.15) is 0 Å². The standard InChI is InChI=1S/C19H31N3O2S.HI/c1-2-20-19(21-14-8-11-17-9-6-7-10-17)22-15-16-25(23,24)18-12-4-3-5-13-18;/h3-5,12-13,17H,2,6-11,14-16H2,1H3,(H2,20,21,22);1H. The SMILES string of the molecule is CCNC(=NCCCC1CCCC1)NCCS(=O)(=O)c1ccccc1.I. The smallest absolute Gasteiger partial charge is 0.191 e. The van der Waals surface area contributed by atoms with Crippen LogP contribution in [0.1, 0.15) is 45.4 Å². The molecule has 7 heteroatoms. The summed E-state index contributed by atoms with van der Waals surface area (Å²) in [7, 11) is -3.25. The highest BCUT2D eigenvalue weighted by Gasteiger charge is 2.15. The third kappa shape index (κ3) is 8.24. The maximum absolute atomic E-state index is 12.3. The van der Waals surface area contributed by atoms with E-state index in [9.17, 15) is 8.42 Å². The molecule has 0 aromatic heterocycles. The Labute approximate surface area is 175 Å². The summed E-state index contributed by atoms with van der Waals surface area (Å²) in [6, 6.07) is 8.58. The molecular formula is C19H32IN3O2S. The molecule has 1 aromatic carbocycles. The number of rotatable bonds is 9. The van der Waals surface area contributed by atoms with Gasteiger partial charge >= 0.3 is 0 Å². The lowest BCUT2D eigenvalue weighted by molar-refractivity contribution is 0.487. The zero-order chi connectivity index (χ0) is 18.0. The Hall–Kier alpha value is -0.830. The number of sulfone groups is 1. The molecule has 1 fully saturated rings. The van der Waals surface area contributed by atoms with Crippen molar-refractivity contribution >= 4 is 39.8 Å². The molecule has 5 nitrogen and oxygen atoms in total. The maximum atomic E-state index is 12.3. The Bertz CT molecular complexity index is 629. The summed E-state index contributed by atoms with van der Waals surface area (Å²) in [6.45, 7) is 3.92. The summed E-state index contributed by atoms with van der Waals surface area (Å²) in [4.78, 5) is 4.94. The maximum Gasteiger partial charge on any atom is 0.191 e. The van der Waals surface area contributed by atoms with Gasteiger partial charge in [-0.25, -0.2) is 8.42 Å². The molecule has 0 unspecified atom stereocenters. The summed E-state index contributed by atoms with van der Waals surface area (Å²) in [5.41, 5.74) is 0. The zero-order valence-corrected chi connectivity index (χ0v) is 18.8. The number of halogens is 1. The monoisotopic (exact) mass is 493 g/mol. The minimum absolute atomic E-state index is 0. The van der Waals surface area contributed by atoms with Gasteiger partial charge in [-0.15, -0.1) is 24.0 Å². The molecular weight excluding hydrogens is 461 g/mol. The van der Waals surface area contributed by atoms with Crippen LogP contribution >= 0.6 is 24.0 Å². The molecule has 148 valence electrons. The van der Waals surface area contributed by atoms with Crippen LogP contribution in [-0.4, -0.2) is 39.8 Å². The molecule has 1 saturated carbocycles. The zero-order valence-electron chi connectivity index (χ0n) is 15.6. The molecule has 0 heterocycles. The number of benzene rings is 1. The third-order valence-corrected chi connectivity index (χ3v) is 6.36. The highest BCUT2D eigenvalue weighted by atomic mass is 127. The molecule has 0 spiro atoms. The first-order valence-corrected chi connectivity index (χ1v) is 11.1. The Balaban J connectivity index is 0.00000338. The van der Waals surface area contributed by atoms with Gasteiger partial charge in [-0.3, -0.25) is 4.99 Å². The van der Waals surface area contributed by atoms with Crippen molar-refractivity contribution in [3.05, 3.63) is 30.3 Å². The number of guanidine groups is 1. The second kappa shape index (κ2) is 12.5. The van der Waals surface area contributed by atoms with Crippen molar-refractivity contribution in [3.8, 4) is 0 Å². The summed E-state index contributed by atoms with van der Waals surface area (Å²) < 4.78 is 24.6. The molecule has 0 atom stereocenters. The first kappa shape index (κ1) is 23.2. The third-order valence-electron chi connectivity index (χ3n) is 4.62. The van der Waals surface area contributed by atoms with Crippen molar-refractivity contribution < 1.29 is 8.42 Å². The van der Waals surface area contributed by atoms with Crippen LogP contribution in [-0.2, 0) is 9.84 Å². The largest absolute Gasteiger partial charge is 0.357 e. The van der Waals surface area contributed by atoms with E-state index in [0.29, 0.717) is 17.4 Å². The van der Waals surface area contributed by atoms with Gasteiger partial charge in [0.1, 0.15) is 0 Å².